The summed E-state index contributed by atoms with van der Waals surface area (Å²) >= 11 is 0. The predicted octanol–water partition coefficient (Wildman–Crippen LogP) is 3.49. The number of benzene rings is 1. The fraction of sp³-hybridized carbons (Fsp3) is 0.438. The molecule has 1 aliphatic rings. The van der Waals surface area contributed by atoms with Gasteiger partial charge in [0.2, 0.25) is 5.95 Å². The number of hydrogen-bond acceptors (Lipinski definition) is 2. The summed E-state index contributed by atoms with van der Waals surface area (Å²) in [7, 11) is 0. The molecule has 0 fully saturated rings. The molecule has 0 saturated carbocycles. The normalized spacial score (nSPS) is 18.2. The lowest BCUT2D eigenvalue weighted by Gasteiger charge is -2.26. The third kappa shape index (κ3) is 2.50. The van der Waals surface area contributed by atoms with E-state index >= 15 is 0 Å². The largest absolute Gasteiger partial charge is 0.356 e. The van der Waals surface area contributed by atoms with E-state index in [2.05, 4.69) is 59.2 Å². The SMILES string of the molecule is CC(C)Cc1ccc(C2CCNc3nccn32)cc1. The van der Waals surface area contributed by atoms with Crippen molar-refractivity contribution in [1.82, 2.24) is 9.55 Å². The van der Waals surface area contributed by atoms with Crippen LogP contribution in [0.4, 0.5) is 5.95 Å². The van der Waals surface area contributed by atoms with Gasteiger partial charge in [0, 0.05) is 18.9 Å². The monoisotopic (exact) mass is 255 g/mol. The van der Waals surface area contributed by atoms with Gasteiger partial charge in [0.05, 0.1) is 6.04 Å². The molecule has 1 N–H and O–H groups in total. The molecule has 3 rings (SSSR count). The zero-order chi connectivity index (χ0) is 13.2. The molecule has 1 atom stereocenters. The smallest absolute Gasteiger partial charge is 0.203 e. The van der Waals surface area contributed by atoms with Gasteiger partial charge in [-0.25, -0.2) is 4.98 Å². The maximum atomic E-state index is 4.34. The first-order chi connectivity index (χ1) is 9.24. The minimum Gasteiger partial charge on any atom is -0.356 e. The van der Waals surface area contributed by atoms with Gasteiger partial charge in [0.15, 0.2) is 0 Å². The molecule has 0 aliphatic carbocycles. The minimum absolute atomic E-state index is 0.423. The van der Waals surface area contributed by atoms with E-state index in [1.54, 1.807) is 0 Å². The molecule has 100 valence electrons. The lowest BCUT2D eigenvalue weighted by atomic mass is 9.97. The van der Waals surface area contributed by atoms with Gasteiger partial charge >= 0.3 is 0 Å². The van der Waals surface area contributed by atoms with Gasteiger partial charge in [-0.05, 0) is 29.9 Å². The second kappa shape index (κ2) is 5.08. The summed E-state index contributed by atoms with van der Waals surface area (Å²) in [5.74, 6) is 1.70. The zero-order valence-electron chi connectivity index (χ0n) is 11.6. The number of anilines is 1. The van der Waals surface area contributed by atoms with Gasteiger partial charge in [-0.2, -0.15) is 0 Å². The number of hydrogen-bond donors (Lipinski definition) is 1. The molecular weight excluding hydrogens is 234 g/mol. The van der Waals surface area contributed by atoms with Gasteiger partial charge in [0.1, 0.15) is 0 Å². The fourth-order valence-corrected chi connectivity index (χ4v) is 2.84. The van der Waals surface area contributed by atoms with Gasteiger partial charge in [-0.1, -0.05) is 38.1 Å². The van der Waals surface area contributed by atoms with Crippen LogP contribution < -0.4 is 5.32 Å². The van der Waals surface area contributed by atoms with Crippen molar-refractivity contribution < 1.29 is 0 Å². The number of rotatable bonds is 3. The number of aromatic nitrogens is 2. The predicted molar refractivity (Wildman–Crippen MR) is 78.5 cm³/mol. The van der Waals surface area contributed by atoms with Crippen LogP contribution in [-0.2, 0) is 6.42 Å². The topological polar surface area (TPSA) is 29.9 Å². The standard InChI is InChI=1S/C16H21N3/c1-12(2)11-13-3-5-14(6-4-13)15-7-8-17-16-18-9-10-19(15)16/h3-6,9-10,12,15H,7-8,11H2,1-2H3,(H,17,18). The Balaban J connectivity index is 1.84. The summed E-state index contributed by atoms with van der Waals surface area (Å²) in [5.41, 5.74) is 2.81. The van der Waals surface area contributed by atoms with Crippen LogP contribution >= 0.6 is 0 Å². The van der Waals surface area contributed by atoms with Crippen LogP contribution in [0, 0.1) is 5.92 Å². The number of fused-ring (bicyclic) bond motifs is 1. The molecule has 0 saturated heterocycles. The molecule has 0 radical (unpaired) electrons. The Labute approximate surface area is 114 Å². The first-order valence-electron chi connectivity index (χ1n) is 7.09. The maximum absolute atomic E-state index is 4.34. The molecule has 0 amide bonds. The highest BCUT2D eigenvalue weighted by Gasteiger charge is 2.20. The van der Waals surface area contributed by atoms with Crippen LogP contribution in [0.25, 0.3) is 0 Å². The van der Waals surface area contributed by atoms with Crippen LogP contribution in [0.1, 0.15) is 37.4 Å². The fourth-order valence-electron chi connectivity index (χ4n) is 2.84. The maximum Gasteiger partial charge on any atom is 0.203 e. The third-order valence-corrected chi connectivity index (χ3v) is 3.71. The van der Waals surface area contributed by atoms with E-state index in [0.717, 1.165) is 25.3 Å². The second-order valence-electron chi connectivity index (χ2n) is 5.73. The Morgan fingerprint density at radius 3 is 2.84 bits per heavy atom. The van der Waals surface area contributed by atoms with Crippen LogP contribution in [0.5, 0.6) is 0 Å². The van der Waals surface area contributed by atoms with E-state index < -0.39 is 0 Å². The summed E-state index contributed by atoms with van der Waals surface area (Å²) in [6.45, 7) is 5.52. The Morgan fingerprint density at radius 2 is 2.11 bits per heavy atom. The van der Waals surface area contributed by atoms with Crippen molar-refractivity contribution in [2.24, 2.45) is 5.92 Å². The lowest BCUT2D eigenvalue weighted by molar-refractivity contribution is 0.530. The van der Waals surface area contributed by atoms with E-state index in [1.165, 1.54) is 11.1 Å². The summed E-state index contributed by atoms with van der Waals surface area (Å²) in [6, 6.07) is 9.52. The molecule has 1 aromatic heterocycles. The average molecular weight is 255 g/mol. The number of nitrogens with zero attached hydrogens (tertiary/aromatic N) is 2. The quantitative estimate of drug-likeness (QED) is 0.910. The van der Waals surface area contributed by atoms with Crippen LogP contribution in [0.3, 0.4) is 0 Å². The van der Waals surface area contributed by atoms with Crippen molar-refractivity contribution in [3.63, 3.8) is 0 Å². The molecule has 2 aromatic rings. The molecule has 1 aromatic carbocycles. The van der Waals surface area contributed by atoms with Gasteiger partial charge in [-0.3, -0.25) is 0 Å². The van der Waals surface area contributed by atoms with E-state index in [0.29, 0.717) is 12.0 Å². The van der Waals surface area contributed by atoms with Crippen molar-refractivity contribution in [2.75, 3.05) is 11.9 Å². The minimum atomic E-state index is 0.423. The van der Waals surface area contributed by atoms with Crippen molar-refractivity contribution >= 4 is 5.95 Å². The van der Waals surface area contributed by atoms with Gasteiger partial charge in [0.25, 0.3) is 0 Å². The van der Waals surface area contributed by atoms with Crippen molar-refractivity contribution in [3.8, 4) is 0 Å². The molecule has 2 heterocycles. The van der Waals surface area contributed by atoms with Crippen molar-refractivity contribution in [1.29, 1.82) is 0 Å². The van der Waals surface area contributed by atoms with Gasteiger partial charge < -0.3 is 9.88 Å². The first-order valence-corrected chi connectivity index (χ1v) is 7.09. The first kappa shape index (κ1) is 12.3. The third-order valence-electron chi connectivity index (χ3n) is 3.71. The highest BCUT2D eigenvalue weighted by Crippen LogP contribution is 2.29. The molecule has 1 aliphatic heterocycles. The summed E-state index contributed by atoms with van der Waals surface area (Å²) in [5, 5.41) is 3.33. The number of nitrogens with one attached hydrogen (secondary N) is 1. The van der Waals surface area contributed by atoms with Crippen LogP contribution in [0.15, 0.2) is 36.7 Å². The molecule has 3 heteroatoms. The summed E-state index contributed by atoms with van der Waals surface area (Å²) < 4.78 is 2.24. The van der Waals surface area contributed by atoms with E-state index in [9.17, 15) is 0 Å². The van der Waals surface area contributed by atoms with E-state index in [1.807, 2.05) is 6.20 Å². The van der Waals surface area contributed by atoms with Gasteiger partial charge in [-0.15, -0.1) is 0 Å². The molecule has 3 nitrogen and oxygen atoms in total. The van der Waals surface area contributed by atoms with E-state index in [-0.39, 0.29) is 0 Å². The summed E-state index contributed by atoms with van der Waals surface area (Å²) in [6.07, 6.45) is 6.21. The number of imidazole rings is 1. The second-order valence-corrected chi connectivity index (χ2v) is 5.73. The highest BCUT2D eigenvalue weighted by atomic mass is 15.2. The Hall–Kier alpha value is -1.77. The molecule has 1 unspecified atom stereocenters. The highest BCUT2D eigenvalue weighted by molar-refractivity contribution is 5.34. The zero-order valence-corrected chi connectivity index (χ0v) is 11.6. The Bertz CT molecular complexity index is 539. The van der Waals surface area contributed by atoms with Crippen molar-refractivity contribution in [2.45, 2.75) is 32.7 Å². The molecule has 0 bridgehead atoms. The Kier molecular flexibility index (Phi) is 3.28. The van der Waals surface area contributed by atoms with E-state index in [4.69, 9.17) is 0 Å². The van der Waals surface area contributed by atoms with Crippen LogP contribution in [-0.4, -0.2) is 16.1 Å². The Morgan fingerprint density at radius 1 is 1.32 bits per heavy atom. The molecular formula is C16H21N3. The average Bonchev–Trinajstić information content (AvgIpc) is 2.87. The summed E-state index contributed by atoms with van der Waals surface area (Å²) in [4.78, 5) is 4.34. The van der Waals surface area contributed by atoms with Crippen LogP contribution in [0.2, 0.25) is 0 Å². The lowest BCUT2D eigenvalue weighted by Crippen LogP contribution is -2.23. The molecule has 0 spiro atoms. The molecule has 19 heavy (non-hydrogen) atoms. The van der Waals surface area contributed by atoms with Crippen molar-refractivity contribution in [3.05, 3.63) is 47.8 Å².